The average Bonchev–Trinajstić information content (AvgIpc) is 3.01. The van der Waals surface area contributed by atoms with Gasteiger partial charge in [0.25, 0.3) is 5.91 Å². The van der Waals surface area contributed by atoms with Gasteiger partial charge >= 0.3 is 0 Å². The molecule has 0 radical (unpaired) electrons. The van der Waals surface area contributed by atoms with Crippen molar-refractivity contribution < 1.29 is 14.3 Å². The van der Waals surface area contributed by atoms with Crippen molar-refractivity contribution in [1.29, 1.82) is 0 Å². The number of aromatic nitrogens is 1. The van der Waals surface area contributed by atoms with E-state index in [0.29, 0.717) is 11.5 Å². The van der Waals surface area contributed by atoms with Crippen LogP contribution < -0.4 is 15.0 Å². The number of hydrogen-bond donors (Lipinski definition) is 1. The highest BCUT2D eigenvalue weighted by atomic mass is 32.1. The maximum Gasteiger partial charge on any atom is 0.272 e. The van der Waals surface area contributed by atoms with E-state index in [9.17, 15) is 4.79 Å². The molecule has 1 aliphatic rings. The molecule has 0 saturated heterocycles. The summed E-state index contributed by atoms with van der Waals surface area (Å²) in [5.74, 6) is 0.737. The maximum absolute atomic E-state index is 13.3. The van der Waals surface area contributed by atoms with Gasteiger partial charge < -0.3 is 14.8 Å². The van der Waals surface area contributed by atoms with Gasteiger partial charge in [-0.25, -0.2) is 4.98 Å². The fraction of sp³-hybridized carbons (Fsp3) is 0.300. The Balaban J connectivity index is 1.82. The summed E-state index contributed by atoms with van der Waals surface area (Å²) in [7, 11) is 3.30. The first kappa shape index (κ1) is 17.8. The molecule has 0 saturated carbocycles. The number of nitrogens with one attached hydrogen (secondary N) is 1. The van der Waals surface area contributed by atoms with Crippen molar-refractivity contribution >= 4 is 38.8 Å². The first-order valence-corrected chi connectivity index (χ1v) is 9.51. The molecule has 4 rings (SSSR count). The van der Waals surface area contributed by atoms with Gasteiger partial charge in [0.05, 0.1) is 19.4 Å². The highest BCUT2D eigenvalue weighted by Gasteiger charge is 2.34. The van der Waals surface area contributed by atoms with Gasteiger partial charge in [0.15, 0.2) is 0 Å². The largest absolute Gasteiger partial charge is 0.497 e. The van der Waals surface area contributed by atoms with Crippen LogP contribution in [0.2, 0.25) is 0 Å². The molecule has 1 N–H and O–H groups in total. The van der Waals surface area contributed by atoms with Crippen LogP contribution in [0, 0.1) is 6.92 Å². The molecule has 0 spiro atoms. The van der Waals surface area contributed by atoms with Crippen molar-refractivity contribution in [2.45, 2.75) is 26.6 Å². The van der Waals surface area contributed by atoms with Crippen LogP contribution in [0.4, 0.5) is 11.4 Å². The highest BCUT2D eigenvalue weighted by Crippen LogP contribution is 2.42. The third kappa shape index (κ3) is 2.93. The molecule has 3 aromatic rings. The van der Waals surface area contributed by atoms with E-state index in [0.717, 1.165) is 38.6 Å². The molecule has 0 fully saturated rings. The molecule has 1 atom stereocenters. The molecule has 0 aliphatic carbocycles. The number of aryl methyl sites for hydroxylation is 1. The third-order valence-electron chi connectivity index (χ3n) is 4.68. The van der Waals surface area contributed by atoms with Gasteiger partial charge in [-0.05, 0) is 49.7 Å². The average molecular weight is 383 g/mol. The van der Waals surface area contributed by atoms with Crippen molar-refractivity contribution in [2.24, 2.45) is 0 Å². The summed E-state index contributed by atoms with van der Waals surface area (Å²) >= 11 is 1.43. The van der Waals surface area contributed by atoms with Gasteiger partial charge in [0.1, 0.15) is 21.6 Å². The van der Waals surface area contributed by atoms with Gasteiger partial charge in [-0.15, -0.1) is 11.3 Å². The topological polar surface area (TPSA) is 63.7 Å². The van der Waals surface area contributed by atoms with E-state index in [1.807, 2.05) is 44.2 Å². The van der Waals surface area contributed by atoms with Crippen molar-refractivity contribution in [3.05, 3.63) is 46.5 Å². The van der Waals surface area contributed by atoms with Crippen LogP contribution >= 0.6 is 11.3 Å². The number of amides is 1. The molecule has 27 heavy (non-hydrogen) atoms. The summed E-state index contributed by atoms with van der Waals surface area (Å²) in [5, 5.41) is 4.48. The van der Waals surface area contributed by atoms with E-state index < -0.39 is 0 Å². The fourth-order valence-electron chi connectivity index (χ4n) is 3.51. The van der Waals surface area contributed by atoms with Crippen LogP contribution in [0.25, 0.3) is 10.2 Å². The number of anilines is 2. The summed E-state index contributed by atoms with van der Waals surface area (Å²) in [6.45, 7) is 4.42. The van der Waals surface area contributed by atoms with Crippen molar-refractivity contribution in [1.82, 2.24) is 4.98 Å². The SMILES string of the molecule is COCc1cc(C)nc2sc3c(c12)NC(C)N(c1ccc(OC)cc1)C3=O. The lowest BCUT2D eigenvalue weighted by Crippen LogP contribution is -2.46. The molecular weight excluding hydrogens is 362 g/mol. The van der Waals surface area contributed by atoms with Crippen LogP contribution in [0.3, 0.4) is 0 Å². The maximum atomic E-state index is 13.3. The highest BCUT2D eigenvalue weighted by molar-refractivity contribution is 7.21. The molecule has 6 nitrogen and oxygen atoms in total. The van der Waals surface area contributed by atoms with Crippen molar-refractivity contribution in [3.8, 4) is 5.75 Å². The van der Waals surface area contributed by atoms with Crippen molar-refractivity contribution in [3.63, 3.8) is 0 Å². The fourth-order valence-corrected chi connectivity index (χ4v) is 4.68. The summed E-state index contributed by atoms with van der Waals surface area (Å²) in [6.07, 6.45) is -0.187. The number of thiophene rings is 1. The second-order valence-electron chi connectivity index (χ2n) is 6.54. The second kappa shape index (κ2) is 6.83. The minimum Gasteiger partial charge on any atom is -0.497 e. The van der Waals surface area contributed by atoms with E-state index in [1.54, 1.807) is 19.1 Å². The van der Waals surface area contributed by atoms with E-state index in [4.69, 9.17) is 9.47 Å². The van der Waals surface area contributed by atoms with Gasteiger partial charge in [-0.2, -0.15) is 0 Å². The van der Waals surface area contributed by atoms with Gasteiger partial charge in [-0.3, -0.25) is 9.69 Å². The number of pyridine rings is 1. The lowest BCUT2D eigenvalue weighted by Gasteiger charge is -2.34. The molecule has 0 bridgehead atoms. The molecule has 1 aromatic carbocycles. The lowest BCUT2D eigenvalue weighted by molar-refractivity contribution is 0.0981. The first-order valence-electron chi connectivity index (χ1n) is 8.69. The normalized spacial score (nSPS) is 16.4. The number of ether oxygens (including phenoxy) is 2. The molecule has 3 heterocycles. The molecule has 7 heteroatoms. The van der Waals surface area contributed by atoms with E-state index in [2.05, 4.69) is 10.3 Å². The zero-order chi connectivity index (χ0) is 19.1. The van der Waals surface area contributed by atoms with E-state index in [-0.39, 0.29) is 12.1 Å². The van der Waals surface area contributed by atoms with Gasteiger partial charge in [-0.1, -0.05) is 0 Å². The van der Waals surface area contributed by atoms with Gasteiger partial charge in [0.2, 0.25) is 0 Å². The molecule has 2 aromatic heterocycles. The quantitative estimate of drug-likeness (QED) is 0.732. The van der Waals surface area contributed by atoms with Crippen LogP contribution in [-0.2, 0) is 11.3 Å². The van der Waals surface area contributed by atoms with Gasteiger partial charge in [0, 0.05) is 23.9 Å². The first-order chi connectivity index (χ1) is 13.0. The Labute approximate surface area is 161 Å². The number of carbonyl (C=O) groups is 1. The molecule has 1 aliphatic heterocycles. The van der Waals surface area contributed by atoms with Crippen LogP contribution in [-0.4, -0.2) is 31.3 Å². The smallest absolute Gasteiger partial charge is 0.272 e. The predicted octanol–water partition coefficient (Wildman–Crippen LogP) is 4.18. The molecule has 1 amide bonds. The molecule has 140 valence electrons. The Morgan fingerprint density at radius 1 is 1.26 bits per heavy atom. The zero-order valence-corrected chi connectivity index (χ0v) is 16.5. The number of carbonyl (C=O) groups excluding carboxylic acids is 1. The summed E-state index contributed by atoms with van der Waals surface area (Å²) < 4.78 is 10.6. The predicted molar refractivity (Wildman–Crippen MR) is 108 cm³/mol. The Morgan fingerprint density at radius 3 is 2.67 bits per heavy atom. The van der Waals surface area contributed by atoms with Crippen molar-refractivity contribution in [2.75, 3.05) is 24.4 Å². The summed E-state index contributed by atoms with van der Waals surface area (Å²) in [4.78, 5) is 21.2. The number of fused-ring (bicyclic) bond motifs is 3. The Hall–Kier alpha value is -2.64. The number of hydrogen-bond acceptors (Lipinski definition) is 6. The lowest BCUT2D eigenvalue weighted by atomic mass is 10.1. The van der Waals surface area contributed by atoms with Crippen LogP contribution in [0.15, 0.2) is 30.3 Å². The Morgan fingerprint density at radius 2 is 2.00 bits per heavy atom. The van der Waals surface area contributed by atoms with Crippen LogP contribution in [0.1, 0.15) is 27.9 Å². The number of nitrogens with zero attached hydrogens (tertiary/aromatic N) is 2. The number of methoxy groups -OCH3 is 2. The molecule has 1 unspecified atom stereocenters. The third-order valence-corrected chi connectivity index (χ3v) is 5.75. The van der Waals surface area contributed by atoms with E-state index >= 15 is 0 Å². The standard InChI is InChI=1S/C20H21N3O3S/c1-11-9-13(10-25-3)16-17-18(27-19(16)21-11)20(24)23(12(2)22-17)14-5-7-15(26-4)8-6-14/h5-9,12,22H,10H2,1-4H3. The zero-order valence-electron chi connectivity index (χ0n) is 15.7. The number of rotatable bonds is 4. The minimum atomic E-state index is -0.187. The second-order valence-corrected chi connectivity index (χ2v) is 7.53. The Bertz CT molecular complexity index is 1010. The number of benzene rings is 1. The summed E-state index contributed by atoms with van der Waals surface area (Å²) in [5.41, 5.74) is 3.64. The van der Waals surface area contributed by atoms with E-state index in [1.165, 1.54) is 11.3 Å². The Kier molecular flexibility index (Phi) is 4.49. The van der Waals surface area contributed by atoms with Crippen LogP contribution in [0.5, 0.6) is 5.75 Å². The summed E-state index contributed by atoms with van der Waals surface area (Å²) in [6, 6.07) is 9.53. The minimum absolute atomic E-state index is 0.0227. The monoisotopic (exact) mass is 383 g/mol. The molecular formula is C20H21N3O3S.